The van der Waals surface area contributed by atoms with Gasteiger partial charge in [0.2, 0.25) is 0 Å². The quantitative estimate of drug-likeness (QED) is 0.775. The van der Waals surface area contributed by atoms with E-state index in [4.69, 9.17) is 4.74 Å². The van der Waals surface area contributed by atoms with Crippen molar-refractivity contribution in [2.24, 2.45) is 4.99 Å². The molecule has 3 nitrogen and oxygen atoms in total. The summed E-state index contributed by atoms with van der Waals surface area (Å²) in [5.41, 5.74) is 0.836. The zero-order valence-corrected chi connectivity index (χ0v) is 10.2. The second kappa shape index (κ2) is 5.31. The van der Waals surface area contributed by atoms with Crippen molar-refractivity contribution in [1.29, 1.82) is 0 Å². The van der Waals surface area contributed by atoms with E-state index in [1.54, 1.807) is 19.1 Å². The van der Waals surface area contributed by atoms with Gasteiger partial charge < -0.3 is 4.74 Å². The number of benzene rings is 1. The Morgan fingerprint density at radius 1 is 1.53 bits per heavy atom. The van der Waals surface area contributed by atoms with E-state index in [0.717, 1.165) is 10.6 Å². The van der Waals surface area contributed by atoms with Crippen molar-refractivity contribution in [2.45, 2.75) is 13.0 Å². The predicted molar refractivity (Wildman–Crippen MR) is 65.8 cm³/mol. The molecule has 1 heterocycles. The molecule has 0 radical (unpaired) electrons. The highest BCUT2D eigenvalue weighted by atomic mass is 32.2. The van der Waals surface area contributed by atoms with Crippen LogP contribution in [-0.2, 0) is 9.53 Å². The van der Waals surface area contributed by atoms with Crippen LogP contribution in [0, 0.1) is 5.82 Å². The Morgan fingerprint density at radius 3 is 2.88 bits per heavy atom. The van der Waals surface area contributed by atoms with E-state index in [0.29, 0.717) is 12.4 Å². The van der Waals surface area contributed by atoms with Crippen LogP contribution in [0.1, 0.15) is 12.5 Å². The average molecular weight is 253 g/mol. The Hall–Kier alpha value is -1.36. The minimum absolute atomic E-state index is 0.278. The van der Waals surface area contributed by atoms with Crippen molar-refractivity contribution in [3.63, 3.8) is 0 Å². The van der Waals surface area contributed by atoms with Gasteiger partial charge in [0.25, 0.3) is 0 Å². The van der Waals surface area contributed by atoms with Crippen LogP contribution in [-0.4, -0.2) is 29.4 Å². The van der Waals surface area contributed by atoms with Crippen molar-refractivity contribution in [3.05, 3.63) is 35.6 Å². The van der Waals surface area contributed by atoms with Crippen molar-refractivity contribution in [1.82, 2.24) is 0 Å². The lowest BCUT2D eigenvalue weighted by Crippen LogP contribution is -2.21. The monoisotopic (exact) mass is 253 g/mol. The number of esters is 1. The first-order chi connectivity index (χ1) is 8.20. The third-order valence-electron chi connectivity index (χ3n) is 2.30. The molecule has 2 rings (SSSR count). The minimum atomic E-state index is -0.431. The van der Waals surface area contributed by atoms with Crippen LogP contribution in [0.25, 0.3) is 0 Å². The lowest BCUT2D eigenvalue weighted by atomic mass is 10.2. The van der Waals surface area contributed by atoms with Crippen LogP contribution in [0.15, 0.2) is 29.3 Å². The summed E-state index contributed by atoms with van der Waals surface area (Å²) < 4.78 is 17.7. The number of halogens is 1. The highest BCUT2D eigenvalue weighted by molar-refractivity contribution is 8.14. The molecule has 1 atom stereocenters. The second-order valence-corrected chi connectivity index (χ2v) is 4.53. The zero-order chi connectivity index (χ0) is 12.3. The first-order valence-corrected chi connectivity index (χ1v) is 6.32. The largest absolute Gasteiger partial charge is 0.464 e. The number of carbonyl (C=O) groups is 1. The lowest BCUT2D eigenvalue weighted by molar-refractivity contribution is -0.143. The molecule has 1 aromatic carbocycles. The van der Waals surface area contributed by atoms with E-state index in [-0.39, 0.29) is 11.8 Å². The summed E-state index contributed by atoms with van der Waals surface area (Å²) in [5.74, 6) is 0.0161. The number of nitrogens with zero attached hydrogens (tertiary/aromatic N) is 1. The van der Waals surface area contributed by atoms with Gasteiger partial charge in [0.1, 0.15) is 5.82 Å². The SMILES string of the molecule is CCOC(=O)[C@@H]1CSC(c2ccc(F)cc2)=N1. The van der Waals surface area contributed by atoms with Gasteiger partial charge in [0.15, 0.2) is 6.04 Å². The van der Waals surface area contributed by atoms with Gasteiger partial charge in [0.05, 0.1) is 11.7 Å². The molecule has 0 aromatic heterocycles. The molecule has 0 amide bonds. The normalized spacial score (nSPS) is 18.9. The van der Waals surface area contributed by atoms with E-state index in [9.17, 15) is 9.18 Å². The molecule has 90 valence electrons. The van der Waals surface area contributed by atoms with Crippen LogP contribution in [0.5, 0.6) is 0 Å². The molecule has 1 aliphatic heterocycles. The molecule has 0 fully saturated rings. The van der Waals surface area contributed by atoms with Gasteiger partial charge >= 0.3 is 5.97 Å². The predicted octanol–water partition coefficient (Wildman–Crippen LogP) is 2.25. The molecule has 0 saturated heterocycles. The molecule has 0 bridgehead atoms. The Labute approximate surface area is 103 Å². The number of hydrogen-bond acceptors (Lipinski definition) is 4. The fourth-order valence-electron chi connectivity index (χ4n) is 1.48. The van der Waals surface area contributed by atoms with Crippen molar-refractivity contribution in [2.75, 3.05) is 12.4 Å². The van der Waals surface area contributed by atoms with Gasteiger partial charge in [-0.3, -0.25) is 4.99 Å². The third-order valence-corrected chi connectivity index (χ3v) is 3.40. The van der Waals surface area contributed by atoms with E-state index in [2.05, 4.69) is 4.99 Å². The maximum atomic E-state index is 12.8. The van der Waals surface area contributed by atoms with E-state index in [1.807, 2.05) is 0 Å². The Morgan fingerprint density at radius 2 is 2.24 bits per heavy atom. The van der Waals surface area contributed by atoms with Crippen molar-refractivity contribution in [3.8, 4) is 0 Å². The fraction of sp³-hybridized carbons (Fsp3) is 0.333. The van der Waals surface area contributed by atoms with Gasteiger partial charge in [-0.25, -0.2) is 9.18 Å². The van der Waals surface area contributed by atoms with Gasteiger partial charge in [0, 0.05) is 11.3 Å². The van der Waals surface area contributed by atoms with Gasteiger partial charge in [-0.1, -0.05) is 0 Å². The maximum Gasteiger partial charge on any atom is 0.331 e. The van der Waals surface area contributed by atoms with Gasteiger partial charge in [-0.2, -0.15) is 0 Å². The maximum absolute atomic E-state index is 12.8. The smallest absolute Gasteiger partial charge is 0.331 e. The van der Waals surface area contributed by atoms with Gasteiger partial charge in [-0.15, -0.1) is 11.8 Å². The van der Waals surface area contributed by atoms with Gasteiger partial charge in [-0.05, 0) is 31.2 Å². The topological polar surface area (TPSA) is 38.7 Å². The molecule has 1 aliphatic rings. The third kappa shape index (κ3) is 2.85. The summed E-state index contributed by atoms with van der Waals surface area (Å²) in [6.45, 7) is 2.13. The Kier molecular flexibility index (Phi) is 3.78. The number of hydrogen-bond donors (Lipinski definition) is 0. The molecular formula is C12H12FNO2S. The fourth-order valence-corrected chi connectivity index (χ4v) is 2.51. The Bertz CT molecular complexity index is 444. The van der Waals surface area contributed by atoms with E-state index < -0.39 is 6.04 Å². The molecule has 0 aliphatic carbocycles. The number of rotatable bonds is 3. The second-order valence-electron chi connectivity index (χ2n) is 3.52. The van der Waals surface area contributed by atoms with Crippen LogP contribution in [0.3, 0.4) is 0 Å². The zero-order valence-electron chi connectivity index (χ0n) is 9.35. The molecule has 0 N–H and O–H groups in total. The van der Waals surface area contributed by atoms with E-state index in [1.165, 1.54) is 23.9 Å². The summed E-state index contributed by atoms with van der Waals surface area (Å²) in [6.07, 6.45) is 0. The number of aliphatic imine (C=N–C) groups is 1. The highest BCUT2D eigenvalue weighted by Gasteiger charge is 2.26. The summed E-state index contributed by atoms with van der Waals surface area (Å²) in [5, 5.41) is 0.767. The van der Waals surface area contributed by atoms with Crippen LogP contribution in [0.4, 0.5) is 4.39 Å². The Balaban J connectivity index is 2.11. The van der Waals surface area contributed by atoms with Crippen LogP contribution < -0.4 is 0 Å². The van der Waals surface area contributed by atoms with Crippen LogP contribution in [0.2, 0.25) is 0 Å². The summed E-state index contributed by atoms with van der Waals surface area (Å²) in [7, 11) is 0. The lowest BCUT2D eigenvalue weighted by Gasteiger charge is -2.03. The first-order valence-electron chi connectivity index (χ1n) is 5.34. The standard InChI is InChI=1S/C12H12FNO2S/c1-2-16-12(15)10-7-17-11(14-10)8-3-5-9(13)6-4-8/h3-6,10H,2,7H2,1H3/t10-/m0/s1. The molecule has 17 heavy (non-hydrogen) atoms. The van der Waals surface area contributed by atoms with Crippen LogP contribution >= 0.6 is 11.8 Å². The molecule has 0 spiro atoms. The molecule has 0 saturated carbocycles. The number of thioether (sulfide) groups is 1. The first kappa shape index (κ1) is 12.1. The highest BCUT2D eigenvalue weighted by Crippen LogP contribution is 2.24. The summed E-state index contributed by atoms with van der Waals surface area (Å²) in [6, 6.07) is 5.66. The summed E-state index contributed by atoms with van der Waals surface area (Å²) in [4.78, 5) is 15.8. The molecular weight excluding hydrogens is 241 g/mol. The average Bonchev–Trinajstić information content (AvgIpc) is 2.80. The number of ether oxygens (including phenoxy) is 1. The molecule has 1 aromatic rings. The molecule has 5 heteroatoms. The van der Waals surface area contributed by atoms with Crippen molar-refractivity contribution < 1.29 is 13.9 Å². The van der Waals surface area contributed by atoms with E-state index >= 15 is 0 Å². The van der Waals surface area contributed by atoms with Crippen molar-refractivity contribution >= 4 is 22.8 Å². The number of carbonyl (C=O) groups excluding carboxylic acids is 1. The summed E-state index contributed by atoms with van der Waals surface area (Å²) >= 11 is 1.49. The molecule has 0 unspecified atom stereocenters. The minimum Gasteiger partial charge on any atom is -0.464 e.